The van der Waals surface area contributed by atoms with Crippen molar-refractivity contribution in [3.63, 3.8) is 0 Å². The maximum absolute atomic E-state index is 6.03. The number of piperidine rings is 1. The highest BCUT2D eigenvalue weighted by Gasteiger charge is 2.21. The minimum absolute atomic E-state index is 0.622. The lowest BCUT2D eigenvalue weighted by molar-refractivity contribution is 0.152. The van der Waals surface area contributed by atoms with Crippen molar-refractivity contribution < 1.29 is 0 Å². The van der Waals surface area contributed by atoms with Gasteiger partial charge in [-0.1, -0.05) is 11.6 Å². The molecule has 1 atom stereocenters. The van der Waals surface area contributed by atoms with E-state index in [-0.39, 0.29) is 0 Å². The van der Waals surface area contributed by atoms with Crippen LogP contribution >= 0.6 is 11.6 Å². The fourth-order valence-corrected chi connectivity index (χ4v) is 3.53. The molecule has 1 aliphatic rings. The molecule has 1 fully saturated rings. The molecule has 3 aromatic rings. The lowest BCUT2D eigenvalue weighted by Crippen LogP contribution is -2.36. The molecule has 0 aromatic carbocycles. The fourth-order valence-electron chi connectivity index (χ4n) is 3.36. The average molecular weight is 331 g/mol. The van der Waals surface area contributed by atoms with E-state index in [4.69, 9.17) is 11.6 Å². The molecule has 0 radical (unpaired) electrons. The topological polar surface area (TPSA) is 51.2 Å². The van der Waals surface area contributed by atoms with E-state index in [1.807, 2.05) is 27.4 Å². The number of halogens is 1. The van der Waals surface area contributed by atoms with Crippen molar-refractivity contribution in [1.29, 1.82) is 0 Å². The molecular formula is C16H19ClN6. The van der Waals surface area contributed by atoms with Crippen molar-refractivity contribution in [2.45, 2.75) is 25.9 Å². The molecule has 0 aliphatic carbocycles. The maximum Gasteiger partial charge on any atom is 0.137 e. The largest absolute Gasteiger partial charge is 0.305 e. The molecule has 4 heterocycles. The molecular weight excluding hydrogens is 312 g/mol. The highest BCUT2D eigenvalue weighted by Crippen LogP contribution is 2.20. The molecule has 0 N–H and O–H groups in total. The van der Waals surface area contributed by atoms with Crippen molar-refractivity contribution in [2.75, 3.05) is 13.1 Å². The first-order valence-corrected chi connectivity index (χ1v) is 8.32. The van der Waals surface area contributed by atoms with Crippen molar-refractivity contribution in [3.05, 3.63) is 47.9 Å². The average Bonchev–Trinajstić information content (AvgIpc) is 3.16. The first-order valence-electron chi connectivity index (χ1n) is 7.94. The van der Waals surface area contributed by atoms with Gasteiger partial charge in [-0.2, -0.15) is 5.10 Å². The Bertz CT molecular complexity index is 781. The van der Waals surface area contributed by atoms with Gasteiger partial charge in [-0.25, -0.2) is 9.97 Å². The molecule has 23 heavy (non-hydrogen) atoms. The van der Waals surface area contributed by atoms with Gasteiger partial charge in [0.2, 0.25) is 0 Å². The Balaban J connectivity index is 1.42. The summed E-state index contributed by atoms with van der Waals surface area (Å²) in [6.45, 7) is 4.03. The summed E-state index contributed by atoms with van der Waals surface area (Å²) in [5.74, 6) is 0.622. The minimum Gasteiger partial charge on any atom is -0.305 e. The molecule has 6 nitrogen and oxygen atoms in total. The van der Waals surface area contributed by atoms with Gasteiger partial charge in [0.1, 0.15) is 18.3 Å². The van der Waals surface area contributed by atoms with Crippen LogP contribution in [0.5, 0.6) is 0 Å². The second-order valence-electron chi connectivity index (χ2n) is 6.21. The van der Waals surface area contributed by atoms with Gasteiger partial charge in [0.05, 0.1) is 10.7 Å². The Morgan fingerprint density at radius 2 is 2.22 bits per heavy atom. The summed E-state index contributed by atoms with van der Waals surface area (Å²) in [7, 11) is 0. The Kier molecular flexibility index (Phi) is 4.01. The van der Waals surface area contributed by atoms with Crippen LogP contribution in [0.3, 0.4) is 0 Å². The van der Waals surface area contributed by atoms with Crippen LogP contribution in [0.25, 0.3) is 5.65 Å². The summed E-state index contributed by atoms with van der Waals surface area (Å²) in [5.41, 5.74) is 2.04. The van der Waals surface area contributed by atoms with Gasteiger partial charge in [-0.3, -0.25) is 9.58 Å². The molecule has 3 aromatic heterocycles. The van der Waals surface area contributed by atoms with E-state index in [9.17, 15) is 0 Å². The van der Waals surface area contributed by atoms with Gasteiger partial charge in [0, 0.05) is 32.0 Å². The van der Waals surface area contributed by atoms with E-state index in [0.29, 0.717) is 5.92 Å². The summed E-state index contributed by atoms with van der Waals surface area (Å²) in [6, 6.07) is 3.83. The number of pyridine rings is 1. The maximum atomic E-state index is 6.03. The van der Waals surface area contributed by atoms with Crippen LogP contribution in [-0.2, 0) is 13.1 Å². The zero-order valence-electron chi connectivity index (χ0n) is 12.8. The molecule has 120 valence electrons. The molecule has 0 unspecified atom stereocenters. The monoisotopic (exact) mass is 330 g/mol. The third kappa shape index (κ3) is 3.38. The van der Waals surface area contributed by atoms with Crippen LogP contribution in [0, 0.1) is 5.92 Å². The molecule has 7 heteroatoms. The van der Waals surface area contributed by atoms with Crippen LogP contribution in [0.2, 0.25) is 5.02 Å². The third-order valence-corrected chi connectivity index (χ3v) is 4.59. The molecule has 0 saturated carbocycles. The quantitative estimate of drug-likeness (QED) is 0.737. The first kappa shape index (κ1) is 14.7. The van der Waals surface area contributed by atoms with E-state index in [1.54, 1.807) is 12.7 Å². The number of imidazole rings is 1. The number of rotatable bonds is 4. The predicted molar refractivity (Wildman–Crippen MR) is 88.2 cm³/mol. The Labute approximate surface area is 139 Å². The van der Waals surface area contributed by atoms with Gasteiger partial charge in [0.15, 0.2) is 0 Å². The molecule has 0 spiro atoms. The van der Waals surface area contributed by atoms with E-state index in [1.165, 1.54) is 12.8 Å². The number of likely N-dealkylation sites (tertiary alicyclic amines) is 1. The van der Waals surface area contributed by atoms with Crippen LogP contribution in [0.1, 0.15) is 18.5 Å². The summed E-state index contributed by atoms with van der Waals surface area (Å²) in [6.07, 6.45) is 9.84. The molecule has 4 rings (SSSR count). The van der Waals surface area contributed by atoms with E-state index >= 15 is 0 Å². The van der Waals surface area contributed by atoms with Crippen LogP contribution in [0.15, 0.2) is 37.2 Å². The van der Waals surface area contributed by atoms with E-state index in [0.717, 1.165) is 42.5 Å². The second kappa shape index (κ2) is 6.29. The normalized spacial score (nSPS) is 19.4. The Morgan fingerprint density at radius 1 is 1.26 bits per heavy atom. The van der Waals surface area contributed by atoms with Gasteiger partial charge in [0.25, 0.3) is 0 Å². The third-order valence-electron chi connectivity index (χ3n) is 4.37. The van der Waals surface area contributed by atoms with Crippen LogP contribution < -0.4 is 0 Å². The predicted octanol–water partition coefficient (Wildman–Crippen LogP) is 2.49. The molecule has 1 aliphatic heterocycles. The minimum atomic E-state index is 0.622. The van der Waals surface area contributed by atoms with Crippen molar-refractivity contribution >= 4 is 17.2 Å². The summed E-state index contributed by atoms with van der Waals surface area (Å²) >= 11 is 6.03. The highest BCUT2D eigenvalue weighted by molar-refractivity contribution is 6.30. The van der Waals surface area contributed by atoms with Crippen LogP contribution in [-0.4, -0.2) is 42.1 Å². The smallest absolute Gasteiger partial charge is 0.137 e. The lowest BCUT2D eigenvalue weighted by atomic mass is 9.98. The van der Waals surface area contributed by atoms with Crippen molar-refractivity contribution in [2.24, 2.45) is 5.92 Å². The van der Waals surface area contributed by atoms with Crippen molar-refractivity contribution in [3.8, 4) is 0 Å². The van der Waals surface area contributed by atoms with E-state index < -0.39 is 0 Å². The van der Waals surface area contributed by atoms with Crippen molar-refractivity contribution in [1.82, 2.24) is 29.0 Å². The number of fused-ring (bicyclic) bond motifs is 1. The Morgan fingerprint density at radius 3 is 3.09 bits per heavy atom. The van der Waals surface area contributed by atoms with Gasteiger partial charge < -0.3 is 4.40 Å². The van der Waals surface area contributed by atoms with Gasteiger partial charge in [-0.05, 0) is 37.4 Å². The van der Waals surface area contributed by atoms with E-state index in [2.05, 4.69) is 26.2 Å². The number of aromatic nitrogens is 5. The fraction of sp³-hybridized carbons (Fsp3) is 0.438. The standard InChI is InChI=1S/C16H19ClN6/c17-14-3-4-16-20-15(10-22(16)8-14)9-21-5-1-2-13(6-21)7-23-12-18-11-19-23/h3-4,8,10-13H,1-2,5-7,9H2/t13-/m0/s1. The van der Waals surface area contributed by atoms with Crippen LogP contribution in [0.4, 0.5) is 0 Å². The second-order valence-corrected chi connectivity index (χ2v) is 6.64. The molecule has 0 bridgehead atoms. The lowest BCUT2D eigenvalue weighted by Gasteiger charge is -2.32. The number of hydrogen-bond donors (Lipinski definition) is 0. The first-order chi connectivity index (χ1) is 11.3. The highest BCUT2D eigenvalue weighted by atomic mass is 35.5. The molecule has 0 amide bonds. The number of nitrogens with zero attached hydrogens (tertiary/aromatic N) is 6. The summed E-state index contributed by atoms with van der Waals surface area (Å²) in [5, 5.41) is 4.94. The zero-order valence-corrected chi connectivity index (χ0v) is 13.6. The van der Waals surface area contributed by atoms with Gasteiger partial charge >= 0.3 is 0 Å². The SMILES string of the molecule is Clc1ccc2nc(CN3CCC[C@H](Cn4cncn4)C3)cn2c1. The molecule has 1 saturated heterocycles. The number of hydrogen-bond acceptors (Lipinski definition) is 4. The van der Waals surface area contributed by atoms with Gasteiger partial charge in [-0.15, -0.1) is 0 Å². The summed E-state index contributed by atoms with van der Waals surface area (Å²) in [4.78, 5) is 11.2. The summed E-state index contributed by atoms with van der Waals surface area (Å²) < 4.78 is 3.93. The Hall–Kier alpha value is -1.92. The zero-order chi connectivity index (χ0) is 15.6.